The number of rotatable bonds is 3. The van der Waals surface area contributed by atoms with Gasteiger partial charge in [-0.15, -0.1) is 0 Å². The number of carbonyl (C=O) groups is 1. The highest BCUT2D eigenvalue weighted by Gasteiger charge is 2.09. The molecule has 0 saturated carbocycles. The van der Waals surface area contributed by atoms with Gasteiger partial charge in [-0.05, 0) is 62.2 Å². The third-order valence-corrected chi connectivity index (χ3v) is 5.26. The van der Waals surface area contributed by atoms with E-state index in [0.29, 0.717) is 0 Å². The zero-order chi connectivity index (χ0) is 13.1. The summed E-state index contributed by atoms with van der Waals surface area (Å²) in [5.74, 6) is -0.923. The minimum atomic E-state index is -0.923. The molecule has 2 aromatic rings. The Hall–Kier alpha value is -0.780. The predicted molar refractivity (Wildman–Crippen MR) is 79.4 cm³/mol. The van der Waals surface area contributed by atoms with E-state index in [4.69, 9.17) is 5.11 Å². The van der Waals surface area contributed by atoms with Gasteiger partial charge in [0.15, 0.2) is 0 Å². The van der Waals surface area contributed by atoms with Crippen molar-refractivity contribution < 1.29 is 9.90 Å². The molecule has 0 fully saturated rings. The summed E-state index contributed by atoms with van der Waals surface area (Å²) < 4.78 is 1.80. The number of aromatic carboxylic acids is 1. The molecule has 2 rings (SSSR count). The molecule has 0 saturated heterocycles. The first-order valence-corrected chi connectivity index (χ1v) is 7.43. The van der Waals surface area contributed by atoms with Crippen molar-refractivity contribution in [3.05, 3.63) is 57.0 Å². The van der Waals surface area contributed by atoms with Gasteiger partial charge in [-0.3, -0.25) is 0 Å². The van der Waals surface area contributed by atoms with Crippen LogP contribution in [0.25, 0.3) is 0 Å². The second kappa shape index (κ2) is 5.91. The molecule has 0 bridgehead atoms. The highest BCUT2D eigenvalue weighted by molar-refractivity contribution is 9.11. The lowest BCUT2D eigenvalue weighted by Gasteiger charge is -2.07. The van der Waals surface area contributed by atoms with Crippen molar-refractivity contribution in [3.8, 4) is 0 Å². The maximum atomic E-state index is 10.8. The van der Waals surface area contributed by atoms with Crippen molar-refractivity contribution >= 4 is 49.6 Å². The lowest BCUT2D eigenvalue weighted by Crippen LogP contribution is -1.95. The van der Waals surface area contributed by atoms with Crippen molar-refractivity contribution in [1.29, 1.82) is 0 Å². The van der Waals surface area contributed by atoms with Gasteiger partial charge in [-0.2, -0.15) is 0 Å². The summed E-state index contributed by atoms with van der Waals surface area (Å²) in [5.41, 5.74) is 0.276. The lowest BCUT2D eigenvalue weighted by molar-refractivity contribution is 0.0696. The fourth-order valence-electron chi connectivity index (χ4n) is 1.36. The maximum Gasteiger partial charge on any atom is 0.335 e. The van der Waals surface area contributed by atoms with Gasteiger partial charge >= 0.3 is 5.97 Å². The van der Waals surface area contributed by atoms with Crippen LogP contribution in [0.4, 0.5) is 0 Å². The Kier molecular flexibility index (Phi) is 4.48. The van der Waals surface area contributed by atoms with Crippen LogP contribution < -0.4 is 0 Å². The van der Waals surface area contributed by atoms with Crippen molar-refractivity contribution in [2.24, 2.45) is 0 Å². The number of hydrogen-bond donors (Lipinski definition) is 1. The van der Waals surface area contributed by atoms with Crippen molar-refractivity contribution in [2.75, 3.05) is 0 Å². The van der Waals surface area contributed by atoms with Crippen LogP contribution in [0.3, 0.4) is 0 Å². The molecule has 92 valence electrons. The molecule has 2 aromatic carbocycles. The fourth-order valence-corrected chi connectivity index (χ4v) is 3.35. The standard InChI is InChI=1S/C13H8Br2O2S/c14-9-3-1-2-4-11(9)18-12-6-5-8(13(16)17)7-10(12)15/h1-7H,(H,16,17). The summed E-state index contributed by atoms with van der Waals surface area (Å²) in [6.45, 7) is 0. The molecule has 0 aliphatic heterocycles. The summed E-state index contributed by atoms with van der Waals surface area (Å²) >= 11 is 8.46. The van der Waals surface area contributed by atoms with Gasteiger partial charge in [0.1, 0.15) is 0 Å². The van der Waals surface area contributed by atoms with E-state index in [9.17, 15) is 4.79 Å². The number of halogens is 2. The minimum absolute atomic E-state index is 0.276. The average molecular weight is 388 g/mol. The molecule has 0 aromatic heterocycles. The van der Waals surface area contributed by atoms with Crippen molar-refractivity contribution in [2.45, 2.75) is 9.79 Å². The molecule has 2 nitrogen and oxygen atoms in total. The van der Waals surface area contributed by atoms with E-state index >= 15 is 0 Å². The van der Waals surface area contributed by atoms with E-state index < -0.39 is 5.97 Å². The van der Waals surface area contributed by atoms with Gasteiger partial charge in [0, 0.05) is 18.7 Å². The lowest BCUT2D eigenvalue weighted by atomic mass is 10.2. The molecule has 0 unspecified atom stereocenters. The van der Waals surface area contributed by atoms with E-state index in [1.165, 1.54) is 0 Å². The predicted octanol–water partition coefficient (Wildman–Crippen LogP) is 5.06. The molecule has 18 heavy (non-hydrogen) atoms. The fraction of sp³-hybridized carbons (Fsp3) is 0. The first-order valence-electron chi connectivity index (χ1n) is 5.03. The minimum Gasteiger partial charge on any atom is -0.478 e. The highest BCUT2D eigenvalue weighted by atomic mass is 79.9. The monoisotopic (exact) mass is 386 g/mol. The Labute approximate surface area is 126 Å². The number of carboxylic acids is 1. The summed E-state index contributed by atoms with van der Waals surface area (Å²) in [7, 11) is 0. The SMILES string of the molecule is O=C(O)c1ccc(Sc2ccccc2Br)c(Br)c1. The summed E-state index contributed by atoms with van der Waals surface area (Å²) in [6.07, 6.45) is 0. The summed E-state index contributed by atoms with van der Waals surface area (Å²) in [5, 5.41) is 8.90. The second-order valence-corrected chi connectivity index (χ2v) is 6.28. The van der Waals surface area contributed by atoms with Gasteiger partial charge in [-0.25, -0.2) is 4.79 Å². The number of carboxylic acid groups (broad SMARTS) is 1. The molecular formula is C13H8Br2O2S. The van der Waals surface area contributed by atoms with Gasteiger partial charge in [0.05, 0.1) is 5.56 Å². The van der Waals surface area contributed by atoms with Crippen LogP contribution in [0, 0.1) is 0 Å². The second-order valence-electron chi connectivity index (χ2n) is 3.48. The van der Waals surface area contributed by atoms with E-state index in [-0.39, 0.29) is 5.56 Å². The Morgan fingerprint density at radius 2 is 1.67 bits per heavy atom. The molecule has 0 aliphatic rings. The Bertz CT molecular complexity index is 599. The van der Waals surface area contributed by atoms with Crippen LogP contribution in [-0.4, -0.2) is 11.1 Å². The summed E-state index contributed by atoms with van der Waals surface area (Å²) in [4.78, 5) is 12.9. The highest BCUT2D eigenvalue weighted by Crippen LogP contribution is 2.37. The molecule has 5 heteroatoms. The molecule has 0 amide bonds. The largest absolute Gasteiger partial charge is 0.478 e. The molecule has 0 aliphatic carbocycles. The first kappa shape index (κ1) is 13.6. The van der Waals surface area contributed by atoms with Crippen LogP contribution in [-0.2, 0) is 0 Å². The van der Waals surface area contributed by atoms with Crippen LogP contribution in [0.1, 0.15) is 10.4 Å². The molecule has 0 heterocycles. The van der Waals surface area contributed by atoms with Crippen molar-refractivity contribution in [3.63, 3.8) is 0 Å². The van der Waals surface area contributed by atoms with Gasteiger partial charge < -0.3 is 5.11 Å². The Balaban J connectivity index is 2.30. The van der Waals surface area contributed by atoms with Crippen LogP contribution >= 0.6 is 43.6 Å². The van der Waals surface area contributed by atoms with E-state index in [2.05, 4.69) is 31.9 Å². The third kappa shape index (κ3) is 3.16. The topological polar surface area (TPSA) is 37.3 Å². The van der Waals surface area contributed by atoms with E-state index in [1.54, 1.807) is 30.0 Å². The number of hydrogen-bond acceptors (Lipinski definition) is 2. The first-order chi connectivity index (χ1) is 8.58. The van der Waals surface area contributed by atoms with Crippen LogP contribution in [0.15, 0.2) is 61.2 Å². The Morgan fingerprint density at radius 1 is 1.00 bits per heavy atom. The number of benzene rings is 2. The quantitative estimate of drug-likeness (QED) is 0.799. The van der Waals surface area contributed by atoms with Crippen LogP contribution in [0.5, 0.6) is 0 Å². The van der Waals surface area contributed by atoms with Crippen molar-refractivity contribution in [1.82, 2.24) is 0 Å². The molecular weight excluding hydrogens is 380 g/mol. The zero-order valence-corrected chi connectivity index (χ0v) is 13.0. The molecule has 0 spiro atoms. The van der Waals surface area contributed by atoms with Gasteiger partial charge in [0.2, 0.25) is 0 Å². The summed E-state index contributed by atoms with van der Waals surface area (Å²) in [6, 6.07) is 12.9. The normalized spacial score (nSPS) is 10.3. The maximum absolute atomic E-state index is 10.8. The van der Waals surface area contributed by atoms with E-state index in [1.807, 2.05) is 24.3 Å². The van der Waals surface area contributed by atoms with E-state index in [0.717, 1.165) is 18.7 Å². The molecule has 0 radical (unpaired) electrons. The van der Waals surface area contributed by atoms with Gasteiger partial charge in [-0.1, -0.05) is 23.9 Å². The molecule has 0 atom stereocenters. The third-order valence-electron chi connectivity index (χ3n) is 2.24. The Morgan fingerprint density at radius 3 is 2.28 bits per heavy atom. The molecule has 1 N–H and O–H groups in total. The smallest absolute Gasteiger partial charge is 0.335 e. The van der Waals surface area contributed by atoms with Gasteiger partial charge in [0.25, 0.3) is 0 Å². The van der Waals surface area contributed by atoms with Crippen LogP contribution in [0.2, 0.25) is 0 Å². The average Bonchev–Trinajstić information content (AvgIpc) is 2.34. The zero-order valence-electron chi connectivity index (χ0n) is 9.06.